The lowest BCUT2D eigenvalue weighted by Gasteiger charge is -2.14. The number of fused-ring (bicyclic) bond motifs is 1. The van der Waals surface area contributed by atoms with Crippen LogP contribution in [0, 0.1) is 0 Å². The van der Waals surface area contributed by atoms with Gasteiger partial charge in [0.15, 0.2) is 0 Å². The van der Waals surface area contributed by atoms with E-state index in [4.69, 9.17) is 19.2 Å². The molecule has 120 valence electrons. The fraction of sp³-hybridized carbons (Fsp3) is 0.0588. The topological polar surface area (TPSA) is 98.0 Å². The molecule has 0 spiro atoms. The quantitative estimate of drug-likeness (QED) is 0.541. The molecular weight excluding hydrogens is 315 g/mol. The number of benzene rings is 3. The van der Waals surface area contributed by atoms with Gasteiger partial charge in [-0.15, -0.1) is 0 Å². The molecule has 0 aliphatic carbocycles. The van der Waals surface area contributed by atoms with Gasteiger partial charge in [-0.25, -0.2) is 4.57 Å². The highest BCUT2D eigenvalue weighted by molar-refractivity contribution is 7.45. The molecule has 0 saturated carbocycles. The van der Waals surface area contributed by atoms with E-state index in [1.165, 1.54) is 0 Å². The molecule has 4 N–H and O–H groups in total. The van der Waals surface area contributed by atoms with E-state index in [1.807, 2.05) is 54.6 Å². The van der Waals surface area contributed by atoms with E-state index in [1.54, 1.807) is 0 Å². The second-order valence-corrected chi connectivity index (χ2v) is 5.92. The van der Waals surface area contributed by atoms with E-state index >= 15 is 0 Å². The Labute approximate surface area is 133 Å². The molecule has 3 rings (SSSR count). The SMILES string of the molecule is O=P(O)(O)O.OC(c1ccccc1)c1cccc2ccccc12. The van der Waals surface area contributed by atoms with E-state index < -0.39 is 13.9 Å². The van der Waals surface area contributed by atoms with Crippen molar-refractivity contribution < 1.29 is 24.4 Å². The van der Waals surface area contributed by atoms with Crippen LogP contribution in [-0.2, 0) is 4.57 Å². The van der Waals surface area contributed by atoms with Gasteiger partial charge in [-0.3, -0.25) is 0 Å². The maximum absolute atomic E-state index is 10.5. The molecule has 3 aromatic rings. The molecule has 1 atom stereocenters. The van der Waals surface area contributed by atoms with Crippen molar-refractivity contribution in [3.8, 4) is 0 Å². The molecule has 0 aliphatic heterocycles. The summed E-state index contributed by atoms with van der Waals surface area (Å²) in [6.07, 6.45) is -0.572. The maximum Gasteiger partial charge on any atom is 0.466 e. The standard InChI is InChI=1S/C17H14O.H3O4P/c18-17(14-8-2-1-3-9-14)16-12-6-10-13-7-4-5-11-15(13)16;1-5(2,3)4/h1-12,17-18H;(H3,1,2,3,4). The fourth-order valence-corrected chi connectivity index (χ4v) is 2.30. The van der Waals surface area contributed by atoms with Crippen LogP contribution in [0.25, 0.3) is 10.8 Å². The first-order chi connectivity index (χ1) is 10.9. The first kappa shape index (κ1) is 17.3. The Morgan fingerprint density at radius 2 is 1.26 bits per heavy atom. The number of hydrogen-bond acceptors (Lipinski definition) is 2. The largest absolute Gasteiger partial charge is 0.466 e. The zero-order valence-corrected chi connectivity index (χ0v) is 13.0. The monoisotopic (exact) mass is 332 g/mol. The summed E-state index contributed by atoms with van der Waals surface area (Å²) in [7, 11) is -4.64. The van der Waals surface area contributed by atoms with E-state index in [0.29, 0.717) is 0 Å². The average molecular weight is 332 g/mol. The highest BCUT2D eigenvalue weighted by atomic mass is 31.2. The van der Waals surface area contributed by atoms with E-state index in [9.17, 15) is 5.11 Å². The van der Waals surface area contributed by atoms with Crippen LogP contribution in [0.4, 0.5) is 0 Å². The van der Waals surface area contributed by atoms with Gasteiger partial charge in [0, 0.05) is 0 Å². The van der Waals surface area contributed by atoms with Crippen molar-refractivity contribution in [3.63, 3.8) is 0 Å². The summed E-state index contributed by atoms with van der Waals surface area (Å²) in [5.74, 6) is 0. The van der Waals surface area contributed by atoms with Gasteiger partial charge in [0.05, 0.1) is 0 Å². The molecule has 0 bridgehead atoms. The third-order valence-corrected chi connectivity index (χ3v) is 3.23. The second-order valence-electron chi connectivity index (χ2n) is 4.89. The molecule has 0 heterocycles. The Morgan fingerprint density at radius 3 is 1.91 bits per heavy atom. The van der Waals surface area contributed by atoms with Crippen molar-refractivity contribution in [2.75, 3.05) is 0 Å². The minimum Gasteiger partial charge on any atom is -0.384 e. The Hall–Kier alpha value is -2.01. The molecule has 1 unspecified atom stereocenters. The lowest BCUT2D eigenvalue weighted by molar-refractivity contribution is 0.222. The van der Waals surface area contributed by atoms with E-state index in [0.717, 1.165) is 21.9 Å². The summed E-state index contributed by atoms with van der Waals surface area (Å²) in [4.78, 5) is 21.6. The number of rotatable bonds is 2. The van der Waals surface area contributed by atoms with Gasteiger partial charge in [-0.2, -0.15) is 0 Å². The normalized spacial score (nSPS) is 12.3. The van der Waals surface area contributed by atoms with Crippen molar-refractivity contribution in [1.82, 2.24) is 0 Å². The Balaban J connectivity index is 0.000000338. The smallest absolute Gasteiger partial charge is 0.384 e. The van der Waals surface area contributed by atoms with Crippen LogP contribution in [0.3, 0.4) is 0 Å². The summed E-state index contributed by atoms with van der Waals surface area (Å²) < 4.78 is 8.88. The van der Waals surface area contributed by atoms with Crippen LogP contribution in [0.1, 0.15) is 17.2 Å². The zero-order valence-electron chi connectivity index (χ0n) is 12.1. The lowest BCUT2D eigenvalue weighted by Crippen LogP contribution is -1.99. The fourth-order valence-electron chi connectivity index (χ4n) is 2.30. The molecule has 0 amide bonds. The predicted molar refractivity (Wildman–Crippen MR) is 88.7 cm³/mol. The van der Waals surface area contributed by atoms with Crippen LogP contribution in [0.2, 0.25) is 0 Å². The van der Waals surface area contributed by atoms with Crippen molar-refractivity contribution in [2.24, 2.45) is 0 Å². The molecule has 0 aliphatic rings. The van der Waals surface area contributed by atoms with Gasteiger partial charge in [0.25, 0.3) is 0 Å². The van der Waals surface area contributed by atoms with Crippen molar-refractivity contribution in [2.45, 2.75) is 6.10 Å². The summed E-state index contributed by atoms with van der Waals surface area (Å²) in [6.45, 7) is 0. The summed E-state index contributed by atoms with van der Waals surface area (Å²) >= 11 is 0. The van der Waals surface area contributed by atoms with E-state index in [-0.39, 0.29) is 0 Å². The van der Waals surface area contributed by atoms with Gasteiger partial charge >= 0.3 is 7.82 Å². The number of aliphatic hydroxyl groups is 1. The predicted octanol–water partition coefficient (Wildman–Crippen LogP) is 2.99. The molecule has 5 nitrogen and oxygen atoms in total. The van der Waals surface area contributed by atoms with Gasteiger partial charge in [0.1, 0.15) is 6.10 Å². The number of phosphoric acid groups is 1. The average Bonchev–Trinajstić information content (AvgIpc) is 2.53. The lowest BCUT2D eigenvalue weighted by atomic mass is 9.96. The molecule has 3 aromatic carbocycles. The van der Waals surface area contributed by atoms with Gasteiger partial charge in [-0.05, 0) is 21.9 Å². The van der Waals surface area contributed by atoms with Crippen molar-refractivity contribution in [1.29, 1.82) is 0 Å². The van der Waals surface area contributed by atoms with Crippen LogP contribution in [0.5, 0.6) is 0 Å². The summed E-state index contributed by atoms with van der Waals surface area (Å²) in [6, 6.07) is 23.9. The summed E-state index contributed by atoms with van der Waals surface area (Å²) in [5, 5.41) is 12.8. The van der Waals surface area contributed by atoms with E-state index in [2.05, 4.69) is 18.2 Å². The molecule has 6 heteroatoms. The molecule has 23 heavy (non-hydrogen) atoms. The van der Waals surface area contributed by atoms with Gasteiger partial charge < -0.3 is 19.8 Å². The minimum absolute atomic E-state index is 0.572. The Bertz CT molecular complexity index is 800. The highest BCUT2D eigenvalue weighted by Gasteiger charge is 2.12. The molecular formula is C17H17O5P. The molecule has 0 radical (unpaired) electrons. The third kappa shape index (κ3) is 5.28. The first-order valence-electron chi connectivity index (χ1n) is 6.85. The van der Waals surface area contributed by atoms with Gasteiger partial charge in [0.2, 0.25) is 0 Å². The van der Waals surface area contributed by atoms with Crippen molar-refractivity contribution >= 4 is 18.6 Å². The third-order valence-electron chi connectivity index (χ3n) is 3.23. The minimum atomic E-state index is -4.64. The van der Waals surface area contributed by atoms with Crippen molar-refractivity contribution in [3.05, 3.63) is 83.9 Å². The highest BCUT2D eigenvalue weighted by Crippen LogP contribution is 2.28. The second kappa shape index (κ2) is 7.51. The first-order valence-corrected chi connectivity index (χ1v) is 8.42. The van der Waals surface area contributed by atoms with Crippen LogP contribution < -0.4 is 0 Å². The molecule has 0 fully saturated rings. The van der Waals surface area contributed by atoms with Gasteiger partial charge in [-0.1, -0.05) is 72.8 Å². The molecule has 0 aromatic heterocycles. The number of hydrogen-bond donors (Lipinski definition) is 4. The van der Waals surface area contributed by atoms with Crippen LogP contribution in [0.15, 0.2) is 72.8 Å². The zero-order chi connectivity index (χ0) is 16.9. The molecule has 0 saturated heterocycles. The Kier molecular flexibility index (Phi) is 5.66. The maximum atomic E-state index is 10.5. The Morgan fingerprint density at radius 1 is 0.739 bits per heavy atom. The number of aliphatic hydroxyl groups excluding tert-OH is 1. The van der Waals surface area contributed by atoms with Crippen LogP contribution in [-0.4, -0.2) is 19.8 Å². The summed E-state index contributed by atoms with van der Waals surface area (Å²) in [5.41, 5.74) is 1.88. The van der Waals surface area contributed by atoms with Crippen LogP contribution >= 0.6 is 7.82 Å².